The van der Waals surface area contributed by atoms with Crippen LogP contribution < -0.4 is 14.8 Å². The smallest absolute Gasteiger partial charge is 0.237 e. The minimum Gasteiger partial charge on any atom is -0.491 e. The van der Waals surface area contributed by atoms with Gasteiger partial charge >= 0.3 is 0 Å². The molecule has 0 saturated carbocycles. The zero-order chi connectivity index (χ0) is 19.2. The summed E-state index contributed by atoms with van der Waals surface area (Å²) in [7, 11) is 1.68. The lowest BCUT2D eigenvalue weighted by Gasteiger charge is -2.22. The van der Waals surface area contributed by atoms with Crippen LogP contribution in [-0.4, -0.2) is 42.6 Å². The van der Waals surface area contributed by atoms with Crippen molar-refractivity contribution in [1.82, 2.24) is 10.2 Å². The number of hydrogen-bond acceptors (Lipinski definition) is 4. The first-order chi connectivity index (χ1) is 13.0. The van der Waals surface area contributed by atoms with E-state index in [-0.39, 0.29) is 24.2 Å². The minimum absolute atomic E-state index is 0.00162. The van der Waals surface area contributed by atoms with Crippen LogP contribution >= 0.6 is 0 Å². The van der Waals surface area contributed by atoms with E-state index < -0.39 is 0 Å². The first-order valence-corrected chi connectivity index (χ1v) is 9.48. The zero-order valence-corrected chi connectivity index (χ0v) is 16.2. The Bertz CT molecular complexity index is 731. The molecule has 0 radical (unpaired) electrons. The predicted molar refractivity (Wildman–Crippen MR) is 106 cm³/mol. The lowest BCUT2D eigenvalue weighted by molar-refractivity contribution is -0.125. The van der Waals surface area contributed by atoms with Crippen molar-refractivity contribution in [1.29, 1.82) is 0 Å². The Morgan fingerprint density at radius 3 is 2.44 bits per heavy atom. The zero-order valence-electron chi connectivity index (χ0n) is 16.2. The number of rotatable bonds is 7. The van der Waals surface area contributed by atoms with E-state index in [9.17, 15) is 4.79 Å². The molecule has 1 fully saturated rings. The number of nitrogens with zero attached hydrogens (tertiary/aromatic N) is 1. The Balaban J connectivity index is 1.67. The second-order valence-electron chi connectivity index (χ2n) is 7.16. The van der Waals surface area contributed by atoms with Gasteiger partial charge in [-0.2, -0.15) is 0 Å². The number of likely N-dealkylation sites (N-methyl/N-ethyl adjacent to an activating group) is 1. The van der Waals surface area contributed by atoms with Crippen LogP contribution in [0, 0.1) is 0 Å². The van der Waals surface area contributed by atoms with Crippen molar-refractivity contribution >= 4 is 5.91 Å². The van der Waals surface area contributed by atoms with Crippen molar-refractivity contribution in [2.75, 3.05) is 13.6 Å². The van der Waals surface area contributed by atoms with Crippen LogP contribution in [0.25, 0.3) is 0 Å². The van der Waals surface area contributed by atoms with Gasteiger partial charge in [-0.25, -0.2) is 0 Å². The lowest BCUT2D eigenvalue weighted by Crippen LogP contribution is -2.41. The second-order valence-corrected chi connectivity index (χ2v) is 7.16. The highest BCUT2D eigenvalue weighted by molar-refractivity contribution is 5.81. The number of nitrogens with one attached hydrogen (secondary N) is 1. The fourth-order valence-electron chi connectivity index (χ4n) is 3.43. The quantitative estimate of drug-likeness (QED) is 0.815. The third-order valence-corrected chi connectivity index (χ3v) is 4.64. The first-order valence-electron chi connectivity index (χ1n) is 9.48. The summed E-state index contributed by atoms with van der Waals surface area (Å²) in [5.41, 5.74) is 1.15. The number of carbonyl (C=O) groups is 1. The van der Waals surface area contributed by atoms with E-state index in [1.54, 1.807) is 7.05 Å². The molecule has 1 saturated heterocycles. The van der Waals surface area contributed by atoms with Crippen LogP contribution in [0.5, 0.6) is 11.5 Å². The number of hydrogen-bond donors (Lipinski definition) is 1. The highest BCUT2D eigenvalue weighted by Crippen LogP contribution is 2.25. The molecule has 0 bridgehead atoms. The van der Waals surface area contributed by atoms with Gasteiger partial charge < -0.3 is 14.8 Å². The molecule has 1 aliphatic heterocycles. The number of ether oxygens (including phenoxy) is 2. The predicted octanol–water partition coefficient (Wildman–Crippen LogP) is 3.24. The number of likely N-dealkylation sites (tertiary alicyclic amines) is 1. The summed E-state index contributed by atoms with van der Waals surface area (Å²) in [6.07, 6.45) is 0.838. The minimum atomic E-state index is -0.185. The number of para-hydroxylation sites is 1. The molecule has 0 aliphatic carbocycles. The van der Waals surface area contributed by atoms with Crippen molar-refractivity contribution in [3.63, 3.8) is 0 Å². The second kappa shape index (κ2) is 8.91. The molecule has 1 N–H and O–H groups in total. The van der Waals surface area contributed by atoms with Crippen LogP contribution in [0.15, 0.2) is 54.6 Å². The number of carbonyl (C=O) groups excluding carboxylic acids is 1. The molecule has 1 amide bonds. The van der Waals surface area contributed by atoms with Crippen LogP contribution in [0.2, 0.25) is 0 Å². The van der Waals surface area contributed by atoms with Crippen molar-refractivity contribution < 1.29 is 14.3 Å². The average molecular weight is 368 g/mol. The molecule has 144 valence electrons. The molecule has 3 rings (SSSR count). The molecule has 0 spiro atoms. The Morgan fingerprint density at radius 2 is 1.81 bits per heavy atom. The van der Waals surface area contributed by atoms with Crippen molar-refractivity contribution in [3.8, 4) is 11.5 Å². The molecule has 2 aromatic carbocycles. The molecule has 2 atom stereocenters. The van der Waals surface area contributed by atoms with Gasteiger partial charge in [0.25, 0.3) is 0 Å². The Hall–Kier alpha value is -2.53. The maximum absolute atomic E-state index is 12.4. The molecular formula is C22H28N2O3. The standard InChI is InChI=1S/C22H28N2O3/c1-16(2)26-19-11-9-17(10-12-19)14-24-15-20(13-21(24)22(25)23-3)27-18-7-5-4-6-8-18/h4-12,16,20-21H,13-15H2,1-3H3,(H,23,25)/t20-,21+/m0/s1. The Kier molecular flexibility index (Phi) is 6.35. The molecule has 5 heteroatoms. The van der Waals surface area contributed by atoms with E-state index >= 15 is 0 Å². The van der Waals surface area contributed by atoms with E-state index in [0.717, 1.165) is 23.6 Å². The average Bonchev–Trinajstić information content (AvgIpc) is 3.05. The molecule has 27 heavy (non-hydrogen) atoms. The van der Waals surface area contributed by atoms with Crippen molar-refractivity contribution in [3.05, 3.63) is 60.2 Å². The molecule has 0 aromatic heterocycles. The SMILES string of the molecule is CNC(=O)[C@H]1C[C@H](Oc2ccccc2)CN1Cc1ccc(OC(C)C)cc1. The van der Waals surface area contributed by atoms with Gasteiger partial charge in [0, 0.05) is 26.6 Å². The van der Waals surface area contributed by atoms with Gasteiger partial charge in [0.05, 0.1) is 12.1 Å². The van der Waals surface area contributed by atoms with E-state index in [1.807, 2.05) is 56.3 Å². The maximum atomic E-state index is 12.4. The van der Waals surface area contributed by atoms with Gasteiger partial charge in [-0.05, 0) is 43.7 Å². The summed E-state index contributed by atoms with van der Waals surface area (Å²) in [5.74, 6) is 1.74. The number of amides is 1. The van der Waals surface area contributed by atoms with E-state index in [0.29, 0.717) is 13.0 Å². The summed E-state index contributed by atoms with van der Waals surface area (Å²) in [4.78, 5) is 14.5. The van der Waals surface area contributed by atoms with Gasteiger partial charge in [0.1, 0.15) is 17.6 Å². The monoisotopic (exact) mass is 368 g/mol. The highest BCUT2D eigenvalue weighted by atomic mass is 16.5. The summed E-state index contributed by atoms with van der Waals surface area (Å²) in [5, 5.41) is 2.78. The van der Waals surface area contributed by atoms with Crippen LogP contribution in [0.1, 0.15) is 25.8 Å². The fraction of sp³-hybridized carbons (Fsp3) is 0.409. The van der Waals surface area contributed by atoms with Gasteiger partial charge in [-0.15, -0.1) is 0 Å². The summed E-state index contributed by atoms with van der Waals surface area (Å²) >= 11 is 0. The van der Waals surface area contributed by atoms with Gasteiger partial charge in [-0.1, -0.05) is 30.3 Å². The van der Waals surface area contributed by atoms with Crippen molar-refractivity contribution in [2.24, 2.45) is 0 Å². The van der Waals surface area contributed by atoms with E-state index in [4.69, 9.17) is 9.47 Å². The number of benzene rings is 2. The molecule has 5 nitrogen and oxygen atoms in total. The molecular weight excluding hydrogens is 340 g/mol. The van der Waals surface area contributed by atoms with Crippen LogP contribution in [-0.2, 0) is 11.3 Å². The third-order valence-electron chi connectivity index (χ3n) is 4.64. The first kappa shape index (κ1) is 19.2. The molecule has 0 unspecified atom stereocenters. The molecule has 1 heterocycles. The lowest BCUT2D eigenvalue weighted by atomic mass is 10.1. The Morgan fingerprint density at radius 1 is 1.11 bits per heavy atom. The summed E-state index contributed by atoms with van der Waals surface area (Å²) < 4.78 is 11.8. The van der Waals surface area contributed by atoms with Crippen LogP contribution in [0.4, 0.5) is 0 Å². The third kappa shape index (κ3) is 5.23. The normalized spacial score (nSPS) is 19.9. The topological polar surface area (TPSA) is 50.8 Å². The largest absolute Gasteiger partial charge is 0.491 e. The molecule has 2 aromatic rings. The maximum Gasteiger partial charge on any atom is 0.237 e. The highest BCUT2D eigenvalue weighted by Gasteiger charge is 2.37. The van der Waals surface area contributed by atoms with Crippen LogP contribution in [0.3, 0.4) is 0 Å². The van der Waals surface area contributed by atoms with Gasteiger partial charge in [-0.3, -0.25) is 9.69 Å². The van der Waals surface area contributed by atoms with E-state index in [1.165, 1.54) is 0 Å². The van der Waals surface area contributed by atoms with Gasteiger partial charge in [0.15, 0.2) is 0 Å². The summed E-state index contributed by atoms with van der Waals surface area (Å²) in [6, 6.07) is 17.7. The fourth-order valence-corrected chi connectivity index (χ4v) is 3.43. The molecule has 1 aliphatic rings. The van der Waals surface area contributed by atoms with Crippen molar-refractivity contribution in [2.45, 2.75) is 45.1 Å². The van der Waals surface area contributed by atoms with Gasteiger partial charge in [0.2, 0.25) is 5.91 Å². The summed E-state index contributed by atoms with van der Waals surface area (Å²) in [6.45, 7) is 5.45. The Labute approximate surface area is 161 Å². The van der Waals surface area contributed by atoms with E-state index in [2.05, 4.69) is 22.3 Å².